The van der Waals surface area contributed by atoms with Gasteiger partial charge in [0, 0.05) is 12.6 Å². The lowest BCUT2D eigenvalue weighted by Gasteiger charge is -2.28. The fourth-order valence-electron chi connectivity index (χ4n) is 2.83. The normalized spacial score (nSPS) is 45.1. The summed E-state index contributed by atoms with van der Waals surface area (Å²) in [6.07, 6.45) is 2.07. The fraction of sp³-hybridized carbons (Fsp3) is 0.889. The van der Waals surface area contributed by atoms with Gasteiger partial charge in [0.1, 0.15) is 0 Å². The zero-order chi connectivity index (χ0) is 8.72. The standard InChI is InChI=1S/C9H15NO2/c1-2-7-8(9(11)12)6-3-4-10(7)5-6/h6-8H,2-5H2,1H3,(H,11,12)/t6-,7?,8-/m0/s1. The maximum atomic E-state index is 10.9. The summed E-state index contributed by atoms with van der Waals surface area (Å²) in [5.74, 6) is -0.231. The van der Waals surface area contributed by atoms with Crippen LogP contribution in [0.3, 0.4) is 0 Å². The van der Waals surface area contributed by atoms with Crippen molar-refractivity contribution in [2.45, 2.75) is 25.8 Å². The maximum absolute atomic E-state index is 10.9. The van der Waals surface area contributed by atoms with Gasteiger partial charge in [0.15, 0.2) is 0 Å². The second-order valence-corrected chi connectivity index (χ2v) is 3.88. The summed E-state index contributed by atoms with van der Waals surface area (Å²) < 4.78 is 0. The summed E-state index contributed by atoms with van der Waals surface area (Å²) in [5.41, 5.74) is 0. The first kappa shape index (κ1) is 8.05. The van der Waals surface area contributed by atoms with Crippen molar-refractivity contribution in [2.75, 3.05) is 13.1 Å². The smallest absolute Gasteiger partial charge is 0.308 e. The molecule has 0 aromatic rings. The van der Waals surface area contributed by atoms with Crippen LogP contribution in [0.1, 0.15) is 19.8 Å². The van der Waals surface area contributed by atoms with Crippen LogP contribution in [-0.4, -0.2) is 35.1 Å². The van der Waals surface area contributed by atoms with Crippen LogP contribution in [0.2, 0.25) is 0 Å². The summed E-state index contributed by atoms with van der Waals surface area (Å²) in [6, 6.07) is 0.321. The fourth-order valence-corrected chi connectivity index (χ4v) is 2.83. The highest BCUT2D eigenvalue weighted by Crippen LogP contribution is 2.39. The molecular weight excluding hydrogens is 154 g/mol. The molecule has 12 heavy (non-hydrogen) atoms. The molecule has 3 nitrogen and oxygen atoms in total. The van der Waals surface area contributed by atoms with E-state index >= 15 is 0 Å². The lowest BCUT2D eigenvalue weighted by atomic mass is 9.86. The van der Waals surface area contributed by atoms with Crippen LogP contribution in [-0.2, 0) is 4.79 Å². The second-order valence-electron chi connectivity index (χ2n) is 3.88. The van der Waals surface area contributed by atoms with E-state index in [1.807, 2.05) is 0 Å². The Labute approximate surface area is 72.4 Å². The van der Waals surface area contributed by atoms with Crippen molar-refractivity contribution in [3.05, 3.63) is 0 Å². The van der Waals surface area contributed by atoms with Crippen molar-refractivity contribution in [1.82, 2.24) is 4.90 Å². The Morgan fingerprint density at radius 2 is 2.42 bits per heavy atom. The van der Waals surface area contributed by atoms with Crippen LogP contribution >= 0.6 is 0 Å². The van der Waals surface area contributed by atoms with Crippen molar-refractivity contribution in [3.63, 3.8) is 0 Å². The van der Waals surface area contributed by atoms with Gasteiger partial charge in [-0.15, -0.1) is 0 Å². The molecule has 2 rings (SSSR count). The molecule has 0 saturated carbocycles. The minimum Gasteiger partial charge on any atom is -0.481 e. The van der Waals surface area contributed by atoms with Crippen molar-refractivity contribution >= 4 is 5.97 Å². The Bertz CT molecular complexity index is 205. The van der Waals surface area contributed by atoms with E-state index in [1.165, 1.54) is 0 Å². The first-order valence-electron chi connectivity index (χ1n) is 4.71. The van der Waals surface area contributed by atoms with Crippen LogP contribution < -0.4 is 0 Å². The monoisotopic (exact) mass is 169 g/mol. The molecule has 2 bridgehead atoms. The SMILES string of the molecule is CCC1[C@@H](C(=O)O)[C@H]2CCN1C2. The molecule has 68 valence electrons. The summed E-state index contributed by atoms with van der Waals surface area (Å²) in [6.45, 7) is 4.23. The molecule has 2 saturated heterocycles. The molecule has 0 aromatic carbocycles. The maximum Gasteiger partial charge on any atom is 0.308 e. The Morgan fingerprint density at radius 1 is 1.67 bits per heavy atom. The third-order valence-corrected chi connectivity index (χ3v) is 3.35. The zero-order valence-corrected chi connectivity index (χ0v) is 7.36. The van der Waals surface area contributed by atoms with Crippen LogP contribution in [0.25, 0.3) is 0 Å². The first-order chi connectivity index (χ1) is 5.74. The van der Waals surface area contributed by atoms with Gasteiger partial charge in [-0.05, 0) is 25.3 Å². The van der Waals surface area contributed by atoms with Gasteiger partial charge in [0.25, 0.3) is 0 Å². The Hall–Kier alpha value is -0.570. The Kier molecular flexibility index (Phi) is 1.83. The number of piperidine rings is 1. The molecule has 3 heteroatoms. The lowest BCUT2D eigenvalue weighted by molar-refractivity contribution is -0.144. The molecular formula is C9H15NO2. The quantitative estimate of drug-likeness (QED) is 0.664. The topological polar surface area (TPSA) is 40.5 Å². The number of hydrogen-bond acceptors (Lipinski definition) is 2. The van der Waals surface area contributed by atoms with E-state index in [-0.39, 0.29) is 5.92 Å². The largest absolute Gasteiger partial charge is 0.481 e. The van der Waals surface area contributed by atoms with Crippen LogP contribution in [0.5, 0.6) is 0 Å². The van der Waals surface area contributed by atoms with Gasteiger partial charge in [0.2, 0.25) is 0 Å². The first-order valence-corrected chi connectivity index (χ1v) is 4.71. The molecule has 0 aromatic heterocycles. The number of hydrogen-bond donors (Lipinski definition) is 1. The van der Waals surface area contributed by atoms with Crippen molar-refractivity contribution in [1.29, 1.82) is 0 Å². The van der Waals surface area contributed by atoms with Crippen molar-refractivity contribution in [3.8, 4) is 0 Å². The van der Waals surface area contributed by atoms with E-state index in [1.54, 1.807) is 0 Å². The zero-order valence-electron chi connectivity index (χ0n) is 7.36. The van der Waals surface area contributed by atoms with E-state index in [9.17, 15) is 4.79 Å². The second kappa shape index (κ2) is 2.73. The summed E-state index contributed by atoms with van der Waals surface area (Å²) in [4.78, 5) is 13.3. The Balaban J connectivity index is 2.16. The van der Waals surface area contributed by atoms with E-state index in [4.69, 9.17) is 5.11 Å². The number of carbonyl (C=O) groups is 1. The molecule has 2 fully saturated rings. The van der Waals surface area contributed by atoms with Gasteiger partial charge in [0.05, 0.1) is 5.92 Å². The number of carboxylic acid groups (broad SMARTS) is 1. The number of carboxylic acids is 1. The van der Waals surface area contributed by atoms with Gasteiger partial charge in [-0.25, -0.2) is 0 Å². The highest BCUT2D eigenvalue weighted by Gasteiger charge is 2.48. The minimum atomic E-state index is -0.589. The molecule has 2 aliphatic heterocycles. The molecule has 2 aliphatic rings. The van der Waals surface area contributed by atoms with Gasteiger partial charge in [-0.2, -0.15) is 0 Å². The average Bonchev–Trinajstić information content (AvgIpc) is 2.60. The summed E-state index contributed by atoms with van der Waals surface area (Å²) in [7, 11) is 0. The predicted molar refractivity (Wildman–Crippen MR) is 44.9 cm³/mol. The van der Waals surface area contributed by atoms with Crippen LogP contribution in [0.15, 0.2) is 0 Å². The number of aliphatic carboxylic acids is 1. The van der Waals surface area contributed by atoms with Gasteiger partial charge < -0.3 is 5.11 Å². The molecule has 0 amide bonds. The van der Waals surface area contributed by atoms with Gasteiger partial charge in [-0.3, -0.25) is 9.69 Å². The highest BCUT2D eigenvalue weighted by atomic mass is 16.4. The number of rotatable bonds is 2. The number of fused-ring (bicyclic) bond motifs is 2. The molecule has 2 unspecified atom stereocenters. The summed E-state index contributed by atoms with van der Waals surface area (Å²) >= 11 is 0. The number of nitrogens with zero attached hydrogens (tertiary/aromatic N) is 1. The highest BCUT2D eigenvalue weighted by molar-refractivity contribution is 5.72. The molecule has 2 heterocycles. The van der Waals surface area contributed by atoms with E-state index in [0.29, 0.717) is 12.0 Å². The van der Waals surface area contributed by atoms with E-state index in [0.717, 1.165) is 25.9 Å². The van der Waals surface area contributed by atoms with Crippen LogP contribution in [0, 0.1) is 11.8 Å². The third-order valence-electron chi connectivity index (χ3n) is 3.35. The molecule has 4 atom stereocenters. The summed E-state index contributed by atoms with van der Waals surface area (Å²) in [5, 5.41) is 9.01. The third kappa shape index (κ3) is 0.959. The lowest BCUT2D eigenvalue weighted by Crippen LogP contribution is -2.39. The Morgan fingerprint density at radius 3 is 2.92 bits per heavy atom. The average molecular weight is 169 g/mol. The molecule has 0 radical (unpaired) electrons. The van der Waals surface area contributed by atoms with Crippen LogP contribution in [0.4, 0.5) is 0 Å². The molecule has 0 aliphatic carbocycles. The van der Waals surface area contributed by atoms with Gasteiger partial charge in [-0.1, -0.05) is 6.92 Å². The van der Waals surface area contributed by atoms with E-state index in [2.05, 4.69) is 11.8 Å². The van der Waals surface area contributed by atoms with Crippen molar-refractivity contribution < 1.29 is 9.90 Å². The predicted octanol–water partition coefficient (Wildman–Crippen LogP) is 0.801. The minimum absolute atomic E-state index is 0.0799. The molecule has 1 N–H and O–H groups in total. The van der Waals surface area contributed by atoms with E-state index < -0.39 is 5.97 Å². The molecule has 0 spiro atoms. The van der Waals surface area contributed by atoms with Gasteiger partial charge >= 0.3 is 5.97 Å². The van der Waals surface area contributed by atoms with Crippen molar-refractivity contribution in [2.24, 2.45) is 11.8 Å².